The van der Waals surface area contributed by atoms with Crippen LogP contribution in [0.15, 0.2) is 108 Å². The number of carboxylic acids is 1. The summed E-state index contributed by atoms with van der Waals surface area (Å²) in [6, 6.07) is 29.5. The Balaban J connectivity index is 0.000000238. The van der Waals surface area contributed by atoms with Gasteiger partial charge in [0.1, 0.15) is 24.7 Å². The van der Waals surface area contributed by atoms with E-state index in [-0.39, 0.29) is 45.9 Å². The summed E-state index contributed by atoms with van der Waals surface area (Å²) in [4.78, 5) is 23.0. The van der Waals surface area contributed by atoms with Crippen molar-refractivity contribution < 1.29 is 28.9 Å². The molecule has 0 fully saturated rings. The summed E-state index contributed by atoms with van der Waals surface area (Å²) < 4.78 is 17.1. The standard InChI is InChI=1S/C29H38O3.C28H36O3/c1-20(2)16-23(18-27(30)31-7)22-9-11-24(12-10-22)32-19-21-8-13-25-26(17-21)29(5,6)15-14-28(25,3)4;1-19(2)15-22(17-26(29)30)21-8-10-23(11-9-21)31-18-20-7-12-24-25(16-20)28(5,6)14-13-27(24,3)4/h8-13,16-17,23H,14-15,18-19H2,1-7H3;7-12,15-16,22H,13-14,17-18H2,1-6H3,(H,29,30)/t23-;22-/m11/s1. The Morgan fingerprint density at radius 1 is 0.540 bits per heavy atom. The van der Waals surface area contributed by atoms with Gasteiger partial charge in [0.05, 0.1) is 20.0 Å². The van der Waals surface area contributed by atoms with Crippen molar-refractivity contribution in [2.45, 2.75) is 168 Å². The SMILES string of the molecule is CC(C)=C[C@H](CC(=O)O)c1ccc(OCc2ccc3c(c2)C(C)(C)CCC3(C)C)cc1.COC(=O)C[C@@H](C=C(C)C)c1ccc(OCc2ccc3c(c2)C(C)(C)CCC3(C)C)cc1. The maximum Gasteiger partial charge on any atom is 0.306 e. The highest BCUT2D eigenvalue weighted by molar-refractivity contribution is 5.71. The number of ether oxygens (including phenoxy) is 3. The lowest BCUT2D eigenvalue weighted by atomic mass is 9.63. The molecule has 0 amide bonds. The zero-order chi connectivity index (χ0) is 46.3. The van der Waals surface area contributed by atoms with Crippen LogP contribution < -0.4 is 9.47 Å². The van der Waals surface area contributed by atoms with E-state index in [1.165, 1.54) is 71.7 Å². The first-order valence-electron chi connectivity index (χ1n) is 22.8. The normalized spacial score (nSPS) is 17.2. The van der Waals surface area contributed by atoms with Crippen molar-refractivity contribution in [1.82, 2.24) is 0 Å². The van der Waals surface area contributed by atoms with Crippen molar-refractivity contribution in [3.63, 3.8) is 0 Å². The number of carbonyl (C=O) groups excluding carboxylic acids is 1. The van der Waals surface area contributed by atoms with E-state index >= 15 is 0 Å². The first kappa shape index (κ1) is 48.9. The number of carbonyl (C=O) groups is 2. The topological polar surface area (TPSA) is 82.1 Å². The number of hydrogen-bond acceptors (Lipinski definition) is 5. The first-order valence-corrected chi connectivity index (χ1v) is 22.8. The molecule has 0 aromatic heterocycles. The molecular formula is C57H74O6. The maximum absolute atomic E-state index is 11.8. The summed E-state index contributed by atoms with van der Waals surface area (Å²) in [6.45, 7) is 27.9. The van der Waals surface area contributed by atoms with Gasteiger partial charge in [-0.3, -0.25) is 9.59 Å². The van der Waals surface area contributed by atoms with Crippen molar-refractivity contribution >= 4 is 11.9 Å². The summed E-state index contributed by atoms with van der Waals surface area (Å²) in [5, 5.41) is 9.22. The third kappa shape index (κ3) is 13.0. The molecule has 63 heavy (non-hydrogen) atoms. The molecule has 0 bridgehead atoms. The van der Waals surface area contributed by atoms with Gasteiger partial charge in [0, 0.05) is 11.8 Å². The molecule has 1 N–H and O–H groups in total. The van der Waals surface area contributed by atoms with Gasteiger partial charge >= 0.3 is 11.9 Å². The molecule has 2 atom stereocenters. The van der Waals surface area contributed by atoms with E-state index in [0.717, 1.165) is 28.2 Å². The highest BCUT2D eigenvalue weighted by Crippen LogP contribution is 2.47. The van der Waals surface area contributed by atoms with Crippen LogP contribution in [0.1, 0.15) is 178 Å². The number of hydrogen-bond donors (Lipinski definition) is 1. The number of esters is 1. The van der Waals surface area contributed by atoms with E-state index in [1.807, 2.05) is 82.3 Å². The lowest BCUT2D eigenvalue weighted by molar-refractivity contribution is -0.141. The molecule has 0 radical (unpaired) electrons. The Labute approximate surface area is 379 Å². The molecule has 4 aromatic rings. The van der Waals surface area contributed by atoms with Gasteiger partial charge in [-0.05, 0) is 144 Å². The van der Waals surface area contributed by atoms with Crippen LogP contribution >= 0.6 is 0 Å². The first-order chi connectivity index (χ1) is 29.5. The zero-order valence-corrected chi connectivity index (χ0v) is 40.5. The number of carboxylic acid groups (broad SMARTS) is 1. The minimum Gasteiger partial charge on any atom is -0.489 e. The van der Waals surface area contributed by atoms with Crippen LogP contribution in [0.3, 0.4) is 0 Å². The summed E-state index contributed by atoms with van der Waals surface area (Å²) >= 11 is 0. The molecule has 0 heterocycles. The second-order valence-electron chi connectivity index (χ2n) is 21.1. The molecule has 0 aliphatic heterocycles. The smallest absolute Gasteiger partial charge is 0.306 e. The molecular weight excluding hydrogens is 781 g/mol. The highest BCUT2D eigenvalue weighted by atomic mass is 16.5. The van der Waals surface area contributed by atoms with Crippen LogP contribution in [-0.2, 0) is 49.2 Å². The number of allylic oxidation sites excluding steroid dienone is 4. The highest BCUT2D eigenvalue weighted by Gasteiger charge is 2.38. The Morgan fingerprint density at radius 2 is 0.889 bits per heavy atom. The summed E-state index contributed by atoms with van der Waals surface area (Å²) in [6.07, 6.45) is 9.39. The van der Waals surface area contributed by atoms with E-state index in [1.54, 1.807) is 0 Å². The van der Waals surface area contributed by atoms with Gasteiger partial charge in [0.15, 0.2) is 0 Å². The molecule has 6 rings (SSSR count). The zero-order valence-electron chi connectivity index (χ0n) is 40.5. The molecule has 6 heteroatoms. The molecule has 6 nitrogen and oxygen atoms in total. The maximum atomic E-state index is 11.8. The van der Waals surface area contributed by atoms with Crippen molar-refractivity contribution in [2.24, 2.45) is 0 Å². The van der Waals surface area contributed by atoms with Gasteiger partial charge in [-0.25, -0.2) is 0 Å². The van der Waals surface area contributed by atoms with Crippen molar-refractivity contribution in [3.8, 4) is 11.5 Å². The second kappa shape index (κ2) is 20.2. The number of rotatable bonds is 14. The van der Waals surface area contributed by atoms with Crippen molar-refractivity contribution in [2.75, 3.05) is 7.11 Å². The molecule has 0 saturated carbocycles. The number of fused-ring (bicyclic) bond motifs is 2. The van der Waals surface area contributed by atoms with Crippen LogP contribution in [0, 0.1) is 0 Å². The van der Waals surface area contributed by atoms with Gasteiger partial charge in [-0.15, -0.1) is 0 Å². The molecule has 338 valence electrons. The fourth-order valence-corrected chi connectivity index (χ4v) is 9.21. The average molecular weight is 855 g/mol. The third-order valence-electron chi connectivity index (χ3n) is 13.3. The number of methoxy groups -OCH3 is 1. The van der Waals surface area contributed by atoms with Crippen molar-refractivity contribution in [3.05, 3.63) is 153 Å². The second-order valence-corrected chi connectivity index (χ2v) is 21.1. The van der Waals surface area contributed by atoms with Gasteiger partial charge in [0.2, 0.25) is 0 Å². The van der Waals surface area contributed by atoms with Crippen molar-refractivity contribution in [1.29, 1.82) is 0 Å². The minimum absolute atomic E-state index is 0.00716. The Kier molecular flexibility index (Phi) is 15.7. The van der Waals surface area contributed by atoms with Crippen LogP contribution in [0.4, 0.5) is 0 Å². The summed E-state index contributed by atoms with van der Waals surface area (Å²) in [5.74, 6) is 0.524. The van der Waals surface area contributed by atoms with Crippen LogP contribution in [0.5, 0.6) is 11.5 Å². The summed E-state index contributed by atoms with van der Waals surface area (Å²) in [5.41, 5.74) is 13.4. The Hall–Kier alpha value is -5.10. The summed E-state index contributed by atoms with van der Waals surface area (Å²) in [7, 11) is 1.43. The predicted molar refractivity (Wildman–Crippen MR) is 258 cm³/mol. The Bertz CT molecular complexity index is 2260. The minimum atomic E-state index is -0.790. The number of benzene rings is 4. The van der Waals surface area contributed by atoms with E-state index in [9.17, 15) is 14.7 Å². The van der Waals surface area contributed by atoms with Gasteiger partial charge in [-0.2, -0.15) is 0 Å². The monoisotopic (exact) mass is 855 g/mol. The Morgan fingerprint density at radius 3 is 1.22 bits per heavy atom. The van der Waals surface area contributed by atoms with Gasteiger partial charge < -0.3 is 19.3 Å². The third-order valence-corrected chi connectivity index (χ3v) is 13.3. The van der Waals surface area contributed by atoms with Gasteiger partial charge in [0.25, 0.3) is 0 Å². The molecule has 4 aromatic carbocycles. The van der Waals surface area contributed by atoms with Crippen LogP contribution in [-0.4, -0.2) is 24.2 Å². The molecule has 2 aliphatic rings. The molecule has 0 unspecified atom stereocenters. The average Bonchev–Trinajstić information content (AvgIpc) is 3.22. The van der Waals surface area contributed by atoms with Gasteiger partial charge in [-0.1, -0.05) is 139 Å². The lowest BCUT2D eigenvalue weighted by Gasteiger charge is -2.42. The number of aliphatic carboxylic acids is 1. The molecule has 0 saturated heterocycles. The fourth-order valence-electron chi connectivity index (χ4n) is 9.21. The predicted octanol–water partition coefficient (Wildman–Crippen LogP) is 14.4. The molecule has 2 aliphatic carbocycles. The fraction of sp³-hybridized carbons (Fsp3) is 0.474. The van der Waals surface area contributed by atoms with E-state index < -0.39 is 5.97 Å². The lowest BCUT2D eigenvalue weighted by Crippen LogP contribution is -2.33. The van der Waals surface area contributed by atoms with E-state index in [0.29, 0.717) is 19.6 Å². The van der Waals surface area contributed by atoms with E-state index in [4.69, 9.17) is 14.2 Å². The largest absolute Gasteiger partial charge is 0.489 e. The quantitative estimate of drug-likeness (QED) is 0.100. The van der Waals surface area contributed by atoms with Crippen LogP contribution in [0.2, 0.25) is 0 Å². The van der Waals surface area contributed by atoms with E-state index in [2.05, 4.69) is 97.9 Å². The van der Waals surface area contributed by atoms with Crippen LogP contribution in [0.25, 0.3) is 0 Å². The molecule has 0 spiro atoms.